The molecule has 3 heteroatoms. The van der Waals surface area contributed by atoms with Gasteiger partial charge in [0.15, 0.2) is 0 Å². The average molecular weight is 203 g/mol. The molecule has 0 unspecified atom stereocenters. The minimum absolute atomic E-state index is 0.687. The Morgan fingerprint density at radius 1 is 1.50 bits per heavy atom. The van der Waals surface area contributed by atoms with E-state index in [0.717, 1.165) is 23.3 Å². The van der Waals surface area contributed by atoms with Crippen LogP contribution < -0.4 is 0 Å². The predicted molar refractivity (Wildman–Crippen MR) is 39.8 cm³/mol. The summed E-state index contributed by atoms with van der Waals surface area (Å²) < 4.78 is 11.5. The van der Waals surface area contributed by atoms with Crippen molar-refractivity contribution in [1.82, 2.24) is 0 Å². The van der Waals surface area contributed by atoms with Crippen molar-refractivity contribution >= 4 is 15.9 Å². The first-order chi connectivity index (χ1) is 4.88. The maximum Gasteiger partial charge on any atom is 0.112 e. The Balaban J connectivity index is 2.45. The fraction of sp³-hybridized carbons (Fsp3) is 0.429. The van der Waals surface area contributed by atoms with E-state index >= 15 is 0 Å². The highest BCUT2D eigenvalue weighted by Crippen LogP contribution is 2.26. The molecule has 0 aliphatic carbocycles. The topological polar surface area (TPSA) is 22.4 Å². The molecule has 2 rings (SSSR count). The Morgan fingerprint density at radius 3 is 3.20 bits per heavy atom. The third-order valence-corrected chi connectivity index (χ3v) is 2.31. The zero-order chi connectivity index (χ0) is 6.97. The Morgan fingerprint density at radius 2 is 2.40 bits per heavy atom. The van der Waals surface area contributed by atoms with Crippen LogP contribution in [0.4, 0.5) is 0 Å². The maximum atomic E-state index is 5.26. The van der Waals surface area contributed by atoms with Gasteiger partial charge in [0.25, 0.3) is 0 Å². The summed E-state index contributed by atoms with van der Waals surface area (Å²) in [6.07, 6.45) is 2.63. The molecule has 10 heavy (non-hydrogen) atoms. The van der Waals surface area contributed by atoms with Gasteiger partial charge in [-0.2, -0.15) is 0 Å². The van der Waals surface area contributed by atoms with Crippen LogP contribution in [0.2, 0.25) is 0 Å². The number of furan rings is 1. The van der Waals surface area contributed by atoms with E-state index in [1.165, 1.54) is 5.56 Å². The van der Waals surface area contributed by atoms with Crippen LogP contribution in [-0.4, -0.2) is 6.61 Å². The lowest BCUT2D eigenvalue weighted by atomic mass is 10.2. The molecule has 0 saturated heterocycles. The third-order valence-electron chi connectivity index (χ3n) is 1.65. The number of hydrogen-bond acceptors (Lipinski definition) is 2. The molecule has 0 aromatic carbocycles. The molecule has 1 aliphatic heterocycles. The van der Waals surface area contributed by atoms with E-state index in [1.54, 1.807) is 6.26 Å². The van der Waals surface area contributed by atoms with Gasteiger partial charge in [-0.1, -0.05) is 0 Å². The van der Waals surface area contributed by atoms with E-state index in [4.69, 9.17) is 9.15 Å². The van der Waals surface area contributed by atoms with Crippen molar-refractivity contribution in [3.8, 4) is 0 Å². The smallest absolute Gasteiger partial charge is 0.112 e. The quantitative estimate of drug-likeness (QED) is 0.644. The van der Waals surface area contributed by atoms with Crippen LogP contribution in [0.25, 0.3) is 0 Å². The van der Waals surface area contributed by atoms with Crippen LogP contribution in [0, 0.1) is 0 Å². The average Bonchev–Trinajstić information content (AvgIpc) is 2.34. The van der Waals surface area contributed by atoms with E-state index in [1.807, 2.05) is 0 Å². The van der Waals surface area contributed by atoms with Crippen LogP contribution in [-0.2, 0) is 17.8 Å². The van der Waals surface area contributed by atoms with Crippen molar-refractivity contribution < 1.29 is 9.15 Å². The maximum absolute atomic E-state index is 5.26. The lowest BCUT2D eigenvalue weighted by molar-refractivity contribution is 0.104. The lowest BCUT2D eigenvalue weighted by Gasteiger charge is -2.09. The molecule has 2 nitrogen and oxygen atoms in total. The van der Waals surface area contributed by atoms with Crippen molar-refractivity contribution in [2.24, 2.45) is 0 Å². The van der Waals surface area contributed by atoms with Crippen LogP contribution in [0.3, 0.4) is 0 Å². The summed E-state index contributed by atoms with van der Waals surface area (Å²) in [5.41, 5.74) is 1.17. The number of rotatable bonds is 0. The first kappa shape index (κ1) is 6.43. The van der Waals surface area contributed by atoms with Crippen molar-refractivity contribution in [1.29, 1.82) is 0 Å². The molecule has 0 fully saturated rings. The fourth-order valence-corrected chi connectivity index (χ4v) is 1.53. The summed E-state index contributed by atoms with van der Waals surface area (Å²) >= 11 is 3.38. The molecule has 1 aromatic rings. The summed E-state index contributed by atoms with van der Waals surface area (Å²) in [7, 11) is 0. The van der Waals surface area contributed by atoms with Gasteiger partial charge < -0.3 is 9.15 Å². The molecule has 1 aliphatic rings. The van der Waals surface area contributed by atoms with E-state index in [2.05, 4.69) is 15.9 Å². The molecule has 54 valence electrons. The van der Waals surface area contributed by atoms with Crippen molar-refractivity contribution in [3.63, 3.8) is 0 Å². The van der Waals surface area contributed by atoms with Gasteiger partial charge in [0.05, 0.1) is 17.7 Å². The van der Waals surface area contributed by atoms with Gasteiger partial charge in [-0.15, -0.1) is 0 Å². The molecule has 0 radical (unpaired) electrons. The molecule has 0 bridgehead atoms. The van der Waals surface area contributed by atoms with Gasteiger partial charge in [-0.05, 0) is 15.9 Å². The number of halogens is 1. The summed E-state index contributed by atoms with van der Waals surface area (Å²) in [6, 6.07) is 0. The largest absolute Gasteiger partial charge is 0.468 e. The summed E-state index contributed by atoms with van der Waals surface area (Å²) in [5.74, 6) is 1.07. The molecule has 0 saturated carbocycles. The lowest BCUT2D eigenvalue weighted by Crippen LogP contribution is -2.07. The zero-order valence-corrected chi connectivity index (χ0v) is 6.98. The Kier molecular flexibility index (Phi) is 1.54. The van der Waals surface area contributed by atoms with E-state index < -0.39 is 0 Å². The number of fused-ring (bicyclic) bond motifs is 1. The molecule has 1 aromatic heterocycles. The minimum atomic E-state index is 0.687. The second kappa shape index (κ2) is 2.40. The van der Waals surface area contributed by atoms with Gasteiger partial charge in [-0.25, -0.2) is 0 Å². The van der Waals surface area contributed by atoms with E-state index in [0.29, 0.717) is 6.61 Å². The third kappa shape index (κ3) is 0.896. The normalized spacial score (nSPS) is 16.9. The molecular formula is C7H7BrO2. The van der Waals surface area contributed by atoms with Crippen LogP contribution in [0.1, 0.15) is 11.3 Å². The molecule has 2 heterocycles. The van der Waals surface area contributed by atoms with Gasteiger partial charge in [0.2, 0.25) is 0 Å². The fourth-order valence-electron chi connectivity index (χ4n) is 1.10. The molecule has 0 amide bonds. The Hall–Kier alpha value is -0.280. The highest BCUT2D eigenvalue weighted by Gasteiger charge is 2.15. The van der Waals surface area contributed by atoms with Gasteiger partial charge in [0.1, 0.15) is 12.0 Å². The minimum Gasteiger partial charge on any atom is -0.468 e. The van der Waals surface area contributed by atoms with Crippen molar-refractivity contribution in [2.45, 2.75) is 13.0 Å². The highest BCUT2D eigenvalue weighted by atomic mass is 79.9. The van der Waals surface area contributed by atoms with Crippen molar-refractivity contribution in [2.75, 3.05) is 6.61 Å². The number of ether oxygens (including phenoxy) is 1. The first-order valence-electron chi connectivity index (χ1n) is 3.20. The van der Waals surface area contributed by atoms with Gasteiger partial charge in [0, 0.05) is 12.0 Å². The molecule has 0 spiro atoms. The SMILES string of the molecule is Brc1coc2c1COCC2. The first-order valence-corrected chi connectivity index (χ1v) is 3.99. The van der Waals surface area contributed by atoms with Crippen LogP contribution >= 0.6 is 15.9 Å². The second-order valence-electron chi connectivity index (χ2n) is 2.29. The van der Waals surface area contributed by atoms with Crippen LogP contribution in [0.5, 0.6) is 0 Å². The van der Waals surface area contributed by atoms with E-state index in [9.17, 15) is 0 Å². The highest BCUT2D eigenvalue weighted by molar-refractivity contribution is 9.10. The Bertz CT molecular complexity index is 242. The summed E-state index contributed by atoms with van der Waals surface area (Å²) in [4.78, 5) is 0. The van der Waals surface area contributed by atoms with Gasteiger partial charge in [-0.3, -0.25) is 0 Å². The summed E-state index contributed by atoms with van der Waals surface area (Å²) in [6.45, 7) is 1.47. The molecule has 0 atom stereocenters. The zero-order valence-electron chi connectivity index (χ0n) is 5.39. The second-order valence-corrected chi connectivity index (χ2v) is 3.14. The number of hydrogen-bond donors (Lipinski definition) is 0. The Labute approximate surface area is 67.3 Å². The monoisotopic (exact) mass is 202 g/mol. The van der Waals surface area contributed by atoms with Gasteiger partial charge >= 0.3 is 0 Å². The standard InChI is InChI=1S/C7H7BrO2/c8-6-4-10-7-1-2-9-3-5(6)7/h4H,1-3H2. The van der Waals surface area contributed by atoms with Crippen molar-refractivity contribution in [3.05, 3.63) is 22.1 Å². The van der Waals surface area contributed by atoms with E-state index in [-0.39, 0.29) is 0 Å². The molecular weight excluding hydrogens is 196 g/mol. The molecule has 0 N–H and O–H groups in total. The summed E-state index contributed by atoms with van der Waals surface area (Å²) in [5, 5.41) is 0. The predicted octanol–water partition coefficient (Wildman–Crippen LogP) is 2.11. The van der Waals surface area contributed by atoms with Crippen LogP contribution in [0.15, 0.2) is 15.2 Å².